The number of benzene rings is 3. The van der Waals surface area contributed by atoms with Crippen LogP contribution in [-0.2, 0) is 17.8 Å². The normalized spacial score (nSPS) is 11.1. The Labute approximate surface area is 192 Å². The Kier molecular flexibility index (Phi) is 8.20. The number of nitrogens with zero attached hydrogens (tertiary/aromatic N) is 1. The Morgan fingerprint density at radius 1 is 1.00 bits per heavy atom. The maximum atomic E-state index is 13.2. The van der Waals surface area contributed by atoms with Gasteiger partial charge in [0.15, 0.2) is 0 Å². The fraction of sp³-hybridized carbons (Fsp3) is 0.167. The van der Waals surface area contributed by atoms with Crippen LogP contribution in [0.4, 0.5) is 17.6 Å². The van der Waals surface area contributed by atoms with Gasteiger partial charge in [0.05, 0.1) is 17.4 Å². The standard InChI is InChI=1S/C22H20FN3O.C2HF3O2/c23-18-3-1-2-16(12-18)10-11-24-14-17-4-6-19(7-5-17)27-20-8-9-21-22(13-20)26-15-25-21;3-2(4,5)1(6)7/h1-9,12-13,15,24H,10-11,14H2,(H,25,26);(H,6,7). The molecule has 0 spiro atoms. The number of aromatic nitrogens is 2. The predicted octanol–water partition coefficient (Wildman–Crippen LogP) is 5.46. The van der Waals surface area contributed by atoms with E-state index >= 15 is 0 Å². The van der Waals surface area contributed by atoms with E-state index in [1.54, 1.807) is 18.5 Å². The maximum Gasteiger partial charge on any atom is 0.490 e. The first-order valence-corrected chi connectivity index (χ1v) is 10.2. The molecule has 6 nitrogen and oxygen atoms in total. The molecule has 34 heavy (non-hydrogen) atoms. The zero-order chi connectivity index (χ0) is 24.6. The van der Waals surface area contributed by atoms with Crippen molar-refractivity contribution in [1.82, 2.24) is 15.3 Å². The molecule has 0 saturated heterocycles. The second-order valence-electron chi connectivity index (χ2n) is 7.19. The highest BCUT2D eigenvalue weighted by molar-refractivity contribution is 5.76. The van der Waals surface area contributed by atoms with E-state index < -0.39 is 12.1 Å². The molecule has 0 aliphatic carbocycles. The van der Waals surface area contributed by atoms with E-state index in [0.717, 1.165) is 47.6 Å². The number of H-pyrrole nitrogens is 1. The van der Waals surface area contributed by atoms with Crippen LogP contribution in [0.3, 0.4) is 0 Å². The molecule has 0 bridgehead atoms. The zero-order valence-electron chi connectivity index (χ0n) is 17.8. The Balaban J connectivity index is 0.000000406. The van der Waals surface area contributed by atoms with Crippen LogP contribution >= 0.6 is 0 Å². The average molecular weight is 475 g/mol. The summed E-state index contributed by atoms with van der Waals surface area (Å²) in [5, 5.41) is 10.5. The molecule has 3 N–H and O–H groups in total. The number of carboxylic acid groups (broad SMARTS) is 1. The molecule has 1 heterocycles. The van der Waals surface area contributed by atoms with Gasteiger partial charge in [-0.3, -0.25) is 0 Å². The number of aliphatic carboxylic acids is 1. The van der Waals surface area contributed by atoms with E-state index in [1.807, 2.05) is 48.5 Å². The maximum absolute atomic E-state index is 13.2. The van der Waals surface area contributed by atoms with E-state index in [4.69, 9.17) is 14.6 Å². The highest BCUT2D eigenvalue weighted by atomic mass is 19.4. The number of aromatic amines is 1. The number of halogens is 4. The summed E-state index contributed by atoms with van der Waals surface area (Å²) in [5.74, 6) is -1.40. The van der Waals surface area contributed by atoms with Crippen LogP contribution in [0.25, 0.3) is 11.0 Å². The van der Waals surface area contributed by atoms with E-state index in [2.05, 4.69) is 15.3 Å². The molecule has 0 aliphatic heterocycles. The van der Waals surface area contributed by atoms with Crippen LogP contribution in [0.5, 0.6) is 11.5 Å². The number of imidazole rings is 1. The predicted molar refractivity (Wildman–Crippen MR) is 118 cm³/mol. The quantitative estimate of drug-likeness (QED) is 0.244. The van der Waals surface area contributed by atoms with Crippen molar-refractivity contribution < 1.29 is 32.2 Å². The van der Waals surface area contributed by atoms with Gasteiger partial charge in [-0.1, -0.05) is 24.3 Å². The van der Waals surface area contributed by atoms with Crippen LogP contribution in [0.15, 0.2) is 73.1 Å². The lowest BCUT2D eigenvalue weighted by atomic mass is 10.1. The van der Waals surface area contributed by atoms with Gasteiger partial charge in [0, 0.05) is 12.6 Å². The average Bonchev–Trinajstić information content (AvgIpc) is 3.26. The third-order valence-electron chi connectivity index (χ3n) is 4.60. The van der Waals surface area contributed by atoms with Gasteiger partial charge in [0.25, 0.3) is 0 Å². The minimum atomic E-state index is -5.08. The van der Waals surface area contributed by atoms with Crippen molar-refractivity contribution in [3.05, 3.63) is 90.0 Å². The number of rotatable bonds is 7. The van der Waals surface area contributed by atoms with Crippen molar-refractivity contribution in [1.29, 1.82) is 0 Å². The summed E-state index contributed by atoms with van der Waals surface area (Å²) in [6.45, 7) is 1.56. The molecule has 4 aromatic rings. The molecule has 178 valence electrons. The zero-order valence-corrected chi connectivity index (χ0v) is 17.8. The molecule has 0 unspecified atom stereocenters. The summed E-state index contributed by atoms with van der Waals surface area (Å²) in [5.41, 5.74) is 4.04. The first-order valence-electron chi connectivity index (χ1n) is 10.2. The minimum Gasteiger partial charge on any atom is -0.475 e. The summed E-state index contributed by atoms with van der Waals surface area (Å²) in [6.07, 6.45) is -2.61. The Morgan fingerprint density at radius 2 is 1.71 bits per heavy atom. The molecule has 10 heteroatoms. The second-order valence-corrected chi connectivity index (χ2v) is 7.19. The molecule has 0 radical (unpaired) electrons. The molecule has 3 aromatic carbocycles. The summed E-state index contributed by atoms with van der Waals surface area (Å²) in [7, 11) is 0. The van der Waals surface area contributed by atoms with E-state index in [1.165, 1.54) is 11.6 Å². The summed E-state index contributed by atoms with van der Waals surface area (Å²) >= 11 is 0. The van der Waals surface area contributed by atoms with Crippen LogP contribution in [0.2, 0.25) is 0 Å². The Hall–Kier alpha value is -3.92. The van der Waals surface area contributed by atoms with Crippen LogP contribution in [0.1, 0.15) is 11.1 Å². The lowest BCUT2D eigenvalue weighted by Gasteiger charge is -2.08. The lowest BCUT2D eigenvalue weighted by molar-refractivity contribution is -0.192. The number of hydrogen-bond donors (Lipinski definition) is 3. The number of hydrogen-bond acceptors (Lipinski definition) is 4. The van der Waals surface area contributed by atoms with Crippen molar-refractivity contribution in [2.45, 2.75) is 19.1 Å². The second kappa shape index (κ2) is 11.3. The van der Waals surface area contributed by atoms with Crippen molar-refractivity contribution >= 4 is 17.0 Å². The van der Waals surface area contributed by atoms with Gasteiger partial charge in [0.1, 0.15) is 17.3 Å². The highest BCUT2D eigenvalue weighted by Gasteiger charge is 2.38. The summed E-state index contributed by atoms with van der Waals surface area (Å²) in [4.78, 5) is 16.2. The van der Waals surface area contributed by atoms with Crippen molar-refractivity contribution in [2.24, 2.45) is 0 Å². The molecule has 0 saturated carbocycles. The van der Waals surface area contributed by atoms with Gasteiger partial charge in [-0.05, 0) is 60.5 Å². The number of carboxylic acids is 1. The van der Waals surface area contributed by atoms with E-state index in [0.29, 0.717) is 0 Å². The van der Waals surface area contributed by atoms with Gasteiger partial charge in [-0.25, -0.2) is 14.2 Å². The van der Waals surface area contributed by atoms with Crippen molar-refractivity contribution in [2.75, 3.05) is 6.54 Å². The van der Waals surface area contributed by atoms with Gasteiger partial charge in [-0.15, -0.1) is 0 Å². The SMILES string of the molecule is Fc1cccc(CCNCc2ccc(Oc3ccc4[nH]cnc4c3)cc2)c1.O=C(O)C(F)(F)F. The van der Waals surface area contributed by atoms with Gasteiger partial charge < -0.3 is 20.1 Å². The monoisotopic (exact) mass is 475 g/mol. The fourth-order valence-electron chi connectivity index (χ4n) is 2.94. The van der Waals surface area contributed by atoms with Gasteiger partial charge in [-0.2, -0.15) is 13.2 Å². The van der Waals surface area contributed by atoms with Crippen LogP contribution in [-0.4, -0.2) is 33.8 Å². The van der Waals surface area contributed by atoms with Crippen LogP contribution < -0.4 is 10.1 Å². The number of ether oxygens (including phenoxy) is 1. The first kappa shape index (κ1) is 24.7. The largest absolute Gasteiger partial charge is 0.490 e. The Morgan fingerprint density at radius 3 is 2.38 bits per heavy atom. The third-order valence-corrected chi connectivity index (χ3v) is 4.60. The summed E-state index contributed by atoms with van der Waals surface area (Å²) in [6, 6.07) is 20.5. The Bertz CT molecular complexity index is 1220. The van der Waals surface area contributed by atoms with Crippen LogP contribution in [0, 0.1) is 5.82 Å². The third kappa shape index (κ3) is 7.59. The summed E-state index contributed by atoms with van der Waals surface area (Å²) < 4.78 is 50.8. The van der Waals surface area contributed by atoms with E-state index in [9.17, 15) is 17.6 Å². The molecule has 0 amide bonds. The number of carbonyl (C=O) groups is 1. The van der Waals surface area contributed by atoms with E-state index in [-0.39, 0.29) is 5.82 Å². The number of alkyl halides is 3. The smallest absolute Gasteiger partial charge is 0.475 e. The molecular weight excluding hydrogens is 454 g/mol. The van der Waals surface area contributed by atoms with Gasteiger partial charge in [0.2, 0.25) is 0 Å². The molecule has 4 rings (SSSR count). The highest BCUT2D eigenvalue weighted by Crippen LogP contribution is 2.24. The number of fused-ring (bicyclic) bond motifs is 1. The minimum absolute atomic E-state index is 0.186. The molecule has 0 aliphatic rings. The molecule has 0 fully saturated rings. The van der Waals surface area contributed by atoms with Gasteiger partial charge >= 0.3 is 12.1 Å². The first-order chi connectivity index (χ1) is 16.2. The van der Waals surface area contributed by atoms with Crippen molar-refractivity contribution in [3.63, 3.8) is 0 Å². The molecule has 1 aromatic heterocycles. The topological polar surface area (TPSA) is 87.2 Å². The van der Waals surface area contributed by atoms with Crippen molar-refractivity contribution in [3.8, 4) is 11.5 Å². The fourth-order valence-corrected chi connectivity index (χ4v) is 2.94. The lowest BCUT2D eigenvalue weighted by Crippen LogP contribution is -2.21. The number of nitrogens with one attached hydrogen (secondary N) is 2. The molecule has 0 atom stereocenters. The molecular formula is C24H21F4N3O3.